The predicted octanol–water partition coefficient (Wildman–Crippen LogP) is 2.87. The quantitative estimate of drug-likeness (QED) is 0.425. The fraction of sp³-hybridized carbons (Fsp3) is 0.538. The first-order chi connectivity index (χ1) is 8.74. The van der Waals surface area contributed by atoms with Gasteiger partial charge in [-0.1, -0.05) is 19.1 Å². The second kappa shape index (κ2) is 8.94. The van der Waals surface area contributed by atoms with Crippen molar-refractivity contribution in [2.75, 3.05) is 24.6 Å². The number of non-ortho nitro benzene ring substituents is 1. The maximum Gasteiger partial charge on any atom is 0.269 e. The predicted molar refractivity (Wildman–Crippen MR) is 77.3 cm³/mol. The Bertz CT molecular complexity index is 355. The Morgan fingerprint density at radius 2 is 2.00 bits per heavy atom. The summed E-state index contributed by atoms with van der Waals surface area (Å²) < 4.78 is 0. The Kier molecular flexibility index (Phi) is 7.44. The summed E-state index contributed by atoms with van der Waals surface area (Å²) in [6.07, 6.45) is 2.11. The monoisotopic (exact) mass is 268 g/mol. The van der Waals surface area contributed by atoms with Crippen LogP contribution in [-0.2, 0) is 6.42 Å². The molecule has 0 heterocycles. The second-order valence-electron chi connectivity index (χ2n) is 3.97. The lowest BCUT2D eigenvalue weighted by atomic mass is 10.1. The van der Waals surface area contributed by atoms with Crippen molar-refractivity contribution in [2.45, 2.75) is 19.8 Å². The molecule has 5 heteroatoms. The molecule has 0 aliphatic heterocycles. The average molecular weight is 268 g/mol. The van der Waals surface area contributed by atoms with Gasteiger partial charge in [-0.25, -0.2) is 0 Å². The van der Waals surface area contributed by atoms with Crippen LogP contribution in [0.5, 0.6) is 0 Å². The van der Waals surface area contributed by atoms with Crippen LogP contribution in [0.25, 0.3) is 0 Å². The lowest BCUT2D eigenvalue weighted by Crippen LogP contribution is -2.19. The van der Waals surface area contributed by atoms with Gasteiger partial charge in [-0.05, 0) is 43.0 Å². The van der Waals surface area contributed by atoms with Crippen LogP contribution in [-0.4, -0.2) is 29.5 Å². The Hall–Kier alpha value is -1.07. The molecule has 1 aromatic carbocycles. The zero-order valence-electron chi connectivity index (χ0n) is 10.7. The molecule has 0 fully saturated rings. The number of nitro benzene ring substituents is 1. The number of nitrogens with zero attached hydrogens (tertiary/aromatic N) is 1. The van der Waals surface area contributed by atoms with Crippen molar-refractivity contribution in [3.05, 3.63) is 39.9 Å². The summed E-state index contributed by atoms with van der Waals surface area (Å²) in [5.41, 5.74) is 1.29. The van der Waals surface area contributed by atoms with E-state index < -0.39 is 0 Å². The maximum absolute atomic E-state index is 10.5. The van der Waals surface area contributed by atoms with Crippen molar-refractivity contribution in [3.63, 3.8) is 0 Å². The van der Waals surface area contributed by atoms with Crippen LogP contribution >= 0.6 is 11.8 Å². The third kappa shape index (κ3) is 6.02. The second-order valence-corrected chi connectivity index (χ2v) is 5.37. The van der Waals surface area contributed by atoms with E-state index in [4.69, 9.17) is 0 Å². The van der Waals surface area contributed by atoms with E-state index >= 15 is 0 Å². The van der Waals surface area contributed by atoms with Gasteiger partial charge in [-0.3, -0.25) is 10.1 Å². The topological polar surface area (TPSA) is 55.2 Å². The van der Waals surface area contributed by atoms with Gasteiger partial charge in [0, 0.05) is 12.1 Å². The van der Waals surface area contributed by atoms with Gasteiger partial charge in [0.2, 0.25) is 0 Å². The maximum atomic E-state index is 10.5. The molecule has 0 aromatic heterocycles. The number of thioether (sulfide) groups is 1. The Morgan fingerprint density at radius 1 is 1.28 bits per heavy atom. The SMILES string of the molecule is CCSCCCNCCc1ccc([N+](=O)[O-])cc1. The van der Waals surface area contributed by atoms with E-state index in [1.54, 1.807) is 12.1 Å². The first kappa shape index (κ1) is 15.0. The summed E-state index contributed by atoms with van der Waals surface area (Å²) in [6, 6.07) is 6.78. The lowest BCUT2D eigenvalue weighted by Gasteiger charge is -2.04. The van der Waals surface area contributed by atoms with Gasteiger partial charge >= 0.3 is 0 Å². The zero-order chi connectivity index (χ0) is 13.2. The molecule has 1 aromatic rings. The molecule has 0 amide bonds. The van der Waals surface area contributed by atoms with Crippen LogP contribution in [0.1, 0.15) is 18.9 Å². The van der Waals surface area contributed by atoms with Crippen molar-refractivity contribution in [1.82, 2.24) is 5.32 Å². The van der Waals surface area contributed by atoms with Gasteiger partial charge in [-0.15, -0.1) is 0 Å². The molecular weight excluding hydrogens is 248 g/mol. The largest absolute Gasteiger partial charge is 0.316 e. The fourth-order valence-corrected chi connectivity index (χ4v) is 2.22. The summed E-state index contributed by atoms with van der Waals surface area (Å²) in [5.74, 6) is 2.39. The minimum atomic E-state index is -0.368. The lowest BCUT2D eigenvalue weighted by molar-refractivity contribution is -0.384. The Balaban J connectivity index is 2.14. The van der Waals surface area contributed by atoms with Gasteiger partial charge in [0.05, 0.1) is 4.92 Å². The van der Waals surface area contributed by atoms with E-state index in [1.807, 2.05) is 23.9 Å². The van der Waals surface area contributed by atoms with Gasteiger partial charge in [0.15, 0.2) is 0 Å². The van der Waals surface area contributed by atoms with Crippen LogP contribution < -0.4 is 5.32 Å². The fourth-order valence-electron chi connectivity index (χ4n) is 1.59. The van der Waals surface area contributed by atoms with Gasteiger partial charge in [0.1, 0.15) is 0 Å². The number of hydrogen-bond acceptors (Lipinski definition) is 4. The smallest absolute Gasteiger partial charge is 0.269 e. The van der Waals surface area contributed by atoms with Crippen LogP contribution in [0.2, 0.25) is 0 Å². The molecule has 0 saturated carbocycles. The molecule has 1 rings (SSSR count). The van der Waals surface area contributed by atoms with Crippen LogP contribution in [0, 0.1) is 10.1 Å². The molecule has 100 valence electrons. The Labute approximate surface area is 112 Å². The molecule has 0 bridgehead atoms. The highest BCUT2D eigenvalue weighted by molar-refractivity contribution is 7.99. The van der Waals surface area contributed by atoms with Crippen molar-refractivity contribution in [3.8, 4) is 0 Å². The third-order valence-electron chi connectivity index (χ3n) is 2.58. The molecule has 18 heavy (non-hydrogen) atoms. The van der Waals surface area contributed by atoms with E-state index in [1.165, 1.54) is 17.9 Å². The molecule has 0 saturated heterocycles. The van der Waals surface area contributed by atoms with Crippen molar-refractivity contribution in [2.24, 2.45) is 0 Å². The molecule has 0 radical (unpaired) electrons. The van der Waals surface area contributed by atoms with E-state index in [9.17, 15) is 10.1 Å². The number of nitrogens with one attached hydrogen (secondary N) is 1. The first-order valence-corrected chi connectivity index (χ1v) is 7.41. The van der Waals surface area contributed by atoms with E-state index in [0.717, 1.165) is 25.1 Å². The number of rotatable bonds is 9. The standard InChI is InChI=1S/C13H20N2O2S/c1-2-18-11-3-9-14-10-8-12-4-6-13(7-5-12)15(16)17/h4-7,14H,2-3,8-11H2,1H3. The summed E-state index contributed by atoms with van der Waals surface area (Å²) >= 11 is 1.96. The van der Waals surface area contributed by atoms with Gasteiger partial charge < -0.3 is 5.32 Å². The molecule has 1 N–H and O–H groups in total. The third-order valence-corrected chi connectivity index (χ3v) is 3.57. The normalized spacial score (nSPS) is 10.5. The van der Waals surface area contributed by atoms with E-state index in [2.05, 4.69) is 12.2 Å². The molecule has 0 unspecified atom stereocenters. The van der Waals surface area contributed by atoms with Crippen LogP contribution in [0.3, 0.4) is 0 Å². The summed E-state index contributed by atoms with van der Waals surface area (Å²) in [6.45, 7) is 4.14. The van der Waals surface area contributed by atoms with Gasteiger partial charge in [0.25, 0.3) is 5.69 Å². The summed E-state index contributed by atoms with van der Waals surface area (Å²) in [4.78, 5) is 10.1. The van der Waals surface area contributed by atoms with Crippen LogP contribution in [0.4, 0.5) is 5.69 Å². The zero-order valence-corrected chi connectivity index (χ0v) is 11.5. The highest BCUT2D eigenvalue weighted by atomic mass is 32.2. The molecular formula is C13H20N2O2S. The van der Waals surface area contributed by atoms with Crippen molar-refractivity contribution >= 4 is 17.4 Å². The molecule has 0 aliphatic rings. The highest BCUT2D eigenvalue weighted by Crippen LogP contribution is 2.11. The molecule has 0 aliphatic carbocycles. The minimum Gasteiger partial charge on any atom is -0.316 e. The summed E-state index contributed by atoms with van der Waals surface area (Å²) in [5, 5.41) is 13.9. The van der Waals surface area contributed by atoms with Gasteiger partial charge in [-0.2, -0.15) is 11.8 Å². The molecule has 0 atom stereocenters. The Morgan fingerprint density at radius 3 is 2.61 bits per heavy atom. The molecule has 0 spiro atoms. The molecule has 4 nitrogen and oxygen atoms in total. The minimum absolute atomic E-state index is 0.156. The summed E-state index contributed by atoms with van der Waals surface area (Å²) in [7, 11) is 0. The van der Waals surface area contributed by atoms with E-state index in [0.29, 0.717) is 0 Å². The number of benzene rings is 1. The van der Waals surface area contributed by atoms with Crippen molar-refractivity contribution in [1.29, 1.82) is 0 Å². The highest BCUT2D eigenvalue weighted by Gasteiger charge is 2.03. The first-order valence-electron chi connectivity index (χ1n) is 6.26. The number of nitro groups is 1. The van der Waals surface area contributed by atoms with Crippen molar-refractivity contribution < 1.29 is 4.92 Å². The number of hydrogen-bond donors (Lipinski definition) is 1. The van der Waals surface area contributed by atoms with E-state index in [-0.39, 0.29) is 10.6 Å². The van der Waals surface area contributed by atoms with Crippen LogP contribution in [0.15, 0.2) is 24.3 Å². The average Bonchev–Trinajstić information content (AvgIpc) is 2.38.